The molecule has 148 valence electrons. The van der Waals surface area contributed by atoms with Crippen LogP contribution in [-0.2, 0) is 13.6 Å². The van der Waals surface area contributed by atoms with Gasteiger partial charge < -0.3 is 4.52 Å². The average Bonchev–Trinajstić information content (AvgIpc) is 2.61. The topological polar surface area (TPSA) is 27.7 Å². The summed E-state index contributed by atoms with van der Waals surface area (Å²) in [7, 11) is -2.03. The Labute approximate surface area is 152 Å². The molecule has 27 heavy (non-hydrogen) atoms. The van der Waals surface area contributed by atoms with Gasteiger partial charge in [-0.25, -0.2) is 0 Å². The highest BCUT2D eigenvalue weighted by Crippen LogP contribution is 2.54. The Morgan fingerprint density at radius 3 is 1.26 bits per heavy atom. The van der Waals surface area contributed by atoms with E-state index in [-0.39, 0.29) is 11.1 Å². The molecule has 0 amide bonds. The molecule has 0 heterocycles. The minimum absolute atomic E-state index is 0.276. The summed E-state index contributed by atoms with van der Waals surface area (Å²) in [6, 6.07) is 13.0. The van der Waals surface area contributed by atoms with E-state index in [1.807, 2.05) is 0 Å². The quantitative estimate of drug-likeness (QED) is 0.384. The summed E-state index contributed by atoms with van der Waals surface area (Å²) in [5, 5.41) is 0. The van der Waals surface area contributed by atoms with Gasteiger partial charge in [0.05, 0.1) is 0 Å². The van der Waals surface area contributed by atoms with E-state index in [2.05, 4.69) is 4.52 Å². The molecule has 0 aliphatic heterocycles. The zero-order chi connectivity index (χ0) is 20.1. The molecule has 0 bridgehead atoms. The maximum atomic E-state index is 13.3. The molecule has 2 aromatic carbocycles. The van der Waals surface area contributed by atoms with Crippen molar-refractivity contribution in [1.82, 2.24) is 0 Å². The largest absolute Gasteiger partial charge is 0.419 e. The van der Waals surface area contributed by atoms with Crippen LogP contribution >= 0.6 is 8.60 Å². The van der Waals surface area contributed by atoms with Crippen LogP contribution in [0.4, 0.5) is 26.3 Å². The maximum Gasteiger partial charge on any atom is 0.419 e. The first-order valence-electron chi connectivity index (χ1n) is 7.54. The maximum absolute atomic E-state index is 13.3. The number of benzene rings is 2. The van der Waals surface area contributed by atoms with E-state index in [1.54, 1.807) is 0 Å². The molecule has 0 aromatic heterocycles. The lowest BCUT2D eigenvalue weighted by atomic mass is 10.1. The molecule has 0 N–H and O–H groups in total. The van der Waals surface area contributed by atoms with Crippen molar-refractivity contribution in [2.75, 3.05) is 7.11 Å². The molecule has 0 saturated heterocycles. The minimum atomic E-state index is -4.87. The Bertz CT molecular complexity index is 634. The van der Waals surface area contributed by atoms with Crippen LogP contribution in [0, 0.1) is 0 Å². The summed E-state index contributed by atoms with van der Waals surface area (Å²) in [5.74, 6) is 0. The molecule has 0 aliphatic carbocycles. The summed E-state index contributed by atoms with van der Waals surface area (Å²) in [4.78, 5) is 0. The predicted octanol–water partition coefficient (Wildman–Crippen LogP) is 6.50. The molecule has 0 spiro atoms. The number of rotatable bonds is 7. The van der Waals surface area contributed by atoms with Crippen molar-refractivity contribution in [2.45, 2.75) is 24.6 Å². The van der Waals surface area contributed by atoms with Crippen molar-refractivity contribution in [3.63, 3.8) is 0 Å². The molecule has 2 aromatic rings. The van der Waals surface area contributed by atoms with Crippen molar-refractivity contribution >= 4 is 8.60 Å². The van der Waals surface area contributed by atoms with Gasteiger partial charge in [0.15, 0.2) is 12.2 Å². The standard InChI is InChI=1S/C17H15F6O3P/c1-24-27(25-14(16(18,19)20)12-8-4-2-5-9-12)26-15(17(21,22)23)13-10-6-3-7-11-13/h2-11,14-15H,1H3. The van der Waals surface area contributed by atoms with Crippen molar-refractivity contribution in [3.05, 3.63) is 71.8 Å². The highest BCUT2D eigenvalue weighted by atomic mass is 31.2. The number of hydrogen-bond acceptors (Lipinski definition) is 3. The molecule has 2 unspecified atom stereocenters. The van der Waals surface area contributed by atoms with Crippen LogP contribution in [0.5, 0.6) is 0 Å². The summed E-state index contributed by atoms with van der Waals surface area (Å²) in [6.07, 6.45) is -14.7. The van der Waals surface area contributed by atoms with Gasteiger partial charge in [-0.15, -0.1) is 0 Å². The summed E-state index contributed by atoms with van der Waals surface area (Å²) in [6.45, 7) is 0. The Kier molecular flexibility index (Phi) is 7.22. The van der Waals surface area contributed by atoms with Crippen molar-refractivity contribution in [1.29, 1.82) is 0 Å². The smallest absolute Gasteiger partial charge is 0.316 e. The van der Waals surface area contributed by atoms with Crippen molar-refractivity contribution < 1.29 is 39.9 Å². The Morgan fingerprint density at radius 2 is 1.00 bits per heavy atom. The fourth-order valence-corrected chi connectivity index (χ4v) is 3.21. The molecule has 0 fully saturated rings. The zero-order valence-electron chi connectivity index (χ0n) is 13.9. The first-order valence-corrected chi connectivity index (χ1v) is 8.63. The molecule has 0 saturated carbocycles. The van der Waals surface area contributed by atoms with Gasteiger partial charge in [-0.05, 0) is 11.1 Å². The van der Waals surface area contributed by atoms with Crippen LogP contribution in [-0.4, -0.2) is 19.5 Å². The molecule has 2 rings (SSSR count). The molecule has 3 nitrogen and oxygen atoms in total. The Balaban J connectivity index is 2.25. The molecule has 10 heteroatoms. The van der Waals surface area contributed by atoms with Gasteiger partial charge in [0.2, 0.25) is 0 Å². The van der Waals surface area contributed by atoms with Gasteiger partial charge >= 0.3 is 21.0 Å². The monoisotopic (exact) mass is 412 g/mol. The predicted molar refractivity (Wildman–Crippen MR) is 86.6 cm³/mol. The summed E-state index contributed by atoms with van der Waals surface area (Å²) >= 11 is 0. The van der Waals surface area contributed by atoms with E-state index >= 15 is 0 Å². The van der Waals surface area contributed by atoms with Crippen LogP contribution in [0.2, 0.25) is 0 Å². The van der Waals surface area contributed by atoms with Crippen LogP contribution in [0.15, 0.2) is 60.7 Å². The Hall–Kier alpha value is -1.67. The van der Waals surface area contributed by atoms with E-state index in [0.29, 0.717) is 0 Å². The van der Waals surface area contributed by atoms with E-state index in [1.165, 1.54) is 36.4 Å². The first kappa shape index (κ1) is 21.6. The molecule has 0 radical (unpaired) electrons. The lowest BCUT2D eigenvalue weighted by molar-refractivity contribution is -0.214. The third-order valence-corrected chi connectivity index (χ3v) is 4.40. The van der Waals surface area contributed by atoms with Crippen molar-refractivity contribution in [3.8, 4) is 0 Å². The minimum Gasteiger partial charge on any atom is -0.316 e. The number of hydrogen-bond donors (Lipinski definition) is 0. The number of halogens is 6. The highest BCUT2D eigenvalue weighted by molar-refractivity contribution is 7.41. The fourth-order valence-electron chi connectivity index (χ4n) is 2.16. The van der Waals surface area contributed by atoms with Crippen LogP contribution in [0.1, 0.15) is 23.3 Å². The van der Waals surface area contributed by atoms with E-state index in [9.17, 15) is 26.3 Å². The third-order valence-electron chi connectivity index (χ3n) is 3.33. The van der Waals surface area contributed by atoms with Gasteiger partial charge in [0.25, 0.3) is 0 Å². The zero-order valence-corrected chi connectivity index (χ0v) is 14.8. The van der Waals surface area contributed by atoms with Crippen LogP contribution in [0.3, 0.4) is 0 Å². The van der Waals surface area contributed by atoms with E-state index in [4.69, 9.17) is 9.05 Å². The van der Waals surface area contributed by atoms with Crippen LogP contribution < -0.4 is 0 Å². The summed E-state index contributed by atoms with van der Waals surface area (Å²) in [5.41, 5.74) is -0.553. The van der Waals surface area contributed by atoms with Gasteiger partial charge in [-0.1, -0.05) is 60.7 Å². The van der Waals surface area contributed by atoms with Gasteiger partial charge in [-0.2, -0.15) is 26.3 Å². The lowest BCUT2D eigenvalue weighted by Gasteiger charge is -2.28. The van der Waals surface area contributed by atoms with Gasteiger partial charge in [0, 0.05) is 7.11 Å². The summed E-state index contributed by atoms with van der Waals surface area (Å²) < 4.78 is 94.3. The normalized spacial score (nSPS) is 16.0. The average molecular weight is 412 g/mol. The lowest BCUT2D eigenvalue weighted by Crippen LogP contribution is -2.25. The van der Waals surface area contributed by atoms with Gasteiger partial charge in [-0.3, -0.25) is 9.05 Å². The highest BCUT2D eigenvalue weighted by Gasteiger charge is 2.48. The van der Waals surface area contributed by atoms with E-state index < -0.39 is 33.2 Å². The van der Waals surface area contributed by atoms with Crippen molar-refractivity contribution in [2.24, 2.45) is 0 Å². The molecular weight excluding hydrogens is 397 g/mol. The molecular formula is C17H15F6O3P. The fraction of sp³-hybridized carbons (Fsp3) is 0.294. The SMILES string of the molecule is COP(OC(c1ccccc1)C(F)(F)F)OC(c1ccccc1)C(F)(F)F. The molecule has 2 atom stereocenters. The van der Waals surface area contributed by atoms with Crippen LogP contribution in [0.25, 0.3) is 0 Å². The second kappa shape index (κ2) is 9.01. The number of alkyl halides is 6. The third kappa shape index (κ3) is 6.17. The Morgan fingerprint density at radius 1 is 0.667 bits per heavy atom. The second-order valence-corrected chi connectivity index (χ2v) is 6.52. The second-order valence-electron chi connectivity index (χ2n) is 5.28. The first-order chi connectivity index (χ1) is 12.6. The van der Waals surface area contributed by atoms with E-state index in [0.717, 1.165) is 31.4 Å². The molecule has 0 aliphatic rings. The van der Waals surface area contributed by atoms with Gasteiger partial charge in [0.1, 0.15) is 0 Å².